The van der Waals surface area contributed by atoms with Crippen LogP contribution < -0.4 is 0 Å². The number of carbonyl (C=O) groups excluding carboxylic acids is 4. The van der Waals surface area contributed by atoms with Crippen LogP contribution in [0.1, 0.15) is 459 Å². The van der Waals surface area contributed by atoms with Crippen molar-refractivity contribution in [1.82, 2.24) is 0 Å². The van der Waals surface area contributed by atoms with Crippen LogP contribution >= 0.6 is 15.6 Å². The van der Waals surface area contributed by atoms with E-state index in [0.717, 1.165) is 102 Å². The Morgan fingerprint density at radius 1 is 0.257 bits per heavy atom. The predicted octanol–water partition coefficient (Wildman–Crippen LogP) is 26.2. The molecule has 0 aromatic heterocycles. The summed E-state index contributed by atoms with van der Waals surface area (Å²) in [5, 5.41) is 10.7. The number of carbonyl (C=O) groups is 4. The van der Waals surface area contributed by atoms with Gasteiger partial charge in [0.15, 0.2) is 12.2 Å². The van der Waals surface area contributed by atoms with Crippen LogP contribution in [-0.2, 0) is 65.4 Å². The predicted molar refractivity (Wildman–Crippen MR) is 432 cm³/mol. The summed E-state index contributed by atoms with van der Waals surface area (Å²) < 4.78 is 68.9. The van der Waals surface area contributed by atoms with Gasteiger partial charge in [-0.1, -0.05) is 408 Å². The second-order valence-electron chi connectivity index (χ2n) is 31.9. The molecule has 0 aliphatic heterocycles. The van der Waals surface area contributed by atoms with Gasteiger partial charge in [-0.05, 0) is 37.5 Å². The second kappa shape index (κ2) is 77.4. The molecule has 0 rings (SSSR count). The maximum atomic E-state index is 13.1. The minimum absolute atomic E-state index is 0.108. The standard InChI is InChI=1S/C86H168O17P2/c1-7-9-11-13-15-17-19-21-23-24-25-26-27-28-29-32-37-41-45-53-59-65-71-86(91)102-81(74-96-83(88)68-62-56-50-43-39-36-33-30-31-34-38-42-48-54-60-66-78(3)4)76-100-104(92,93)98-72-80(87)73-99-105(94,95)101-77-82(75-97-84(89)69-63-57-51-47-46-49-55-61-67-79(5)6)103-85(90)70-64-58-52-44-40-35-22-20-18-16-14-12-10-8-2/h78-82,87H,7-77H2,1-6H3,(H,92,93)(H,94,95)/t80-,81-,82-/m1/s1. The van der Waals surface area contributed by atoms with E-state index in [1.165, 1.54) is 276 Å². The molecule has 0 aliphatic rings. The first kappa shape index (κ1) is 103. The normalized spacial score (nSPS) is 13.8. The van der Waals surface area contributed by atoms with Crippen molar-refractivity contribution in [2.24, 2.45) is 11.8 Å². The van der Waals surface area contributed by atoms with E-state index >= 15 is 0 Å². The minimum Gasteiger partial charge on any atom is -0.462 e. The van der Waals surface area contributed by atoms with Gasteiger partial charge >= 0.3 is 39.5 Å². The van der Waals surface area contributed by atoms with Gasteiger partial charge in [0.25, 0.3) is 0 Å². The molecule has 0 heterocycles. The Balaban J connectivity index is 5.22. The van der Waals surface area contributed by atoms with Crippen molar-refractivity contribution in [1.29, 1.82) is 0 Å². The number of hydrogen-bond acceptors (Lipinski definition) is 15. The molecule has 3 N–H and O–H groups in total. The highest BCUT2D eigenvalue weighted by atomic mass is 31.2. The highest BCUT2D eigenvalue weighted by Gasteiger charge is 2.30. The van der Waals surface area contributed by atoms with Crippen LogP contribution in [0.2, 0.25) is 0 Å². The molecule has 0 saturated carbocycles. The summed E-state index contributed by atoms with van der Waals surface area (Å²) in [6.07, 6.45) is 69.5. The maximum absolute atomic E-state index is 13.1. The number of aliphatic hydroxyl groups excluding tert-OH is 1. The molecule has 17 nitrogen and oxygen atoms in total. The first-order chi connectivity index (χ1) is 50.9. The molecule has 5 atom stereocenters. The molecule has 0 spiro atoms. The van der Waals surface area contributed by atoms with Crippen molar-refractivity contribution in [2.45, 2.75) is 477 Å². The molecule has 2 unspecified atom stereocenters. The average molecular weight is 1540 g/mol. The van der Waals surface area contributed by atoms with E-state index in [9.17, 15) is 43.2 Å². The lowest BCUT2D eigenvalue weighted by molar-refractivity contribution is -0.161. The molecule has 0 aromatic rings. The lowest BCUT2D eigenvalue weighted by atomic mass is 10.0. The number of phosphoric ester groups is 2. The first-order valence-corrected chi connectivity index (χ1v) is 47.5. The number of esters is 4. The van der Waals surface area contributed by atoms with Crippen LogP contribution in [0.15, 0.2) is 0 Å². The Kier molecular flexibility index (Phi) is 76.0. The van der Waals surface area contributed by atoms with E-state index in [-0.39, 0.29) is 25.7 Å². The van der Waals surface area contributed by atoms with Gasteiger partial charge in [-0.15, -0.1) is 0 Å². The van der Waals surface area contributed by atoms with Gasteiger partial charge in [0.1, 0.15) is 19.3 Å². The summed E-state index contributed by atoms with van der Waals surface area (Å²) in [4.78, 5) is 73.2. The number of hydrogen-bond donors (Lipinski definition) is 3. The third-order valence-corrected chi connectivity index (χ3v) is 22.1. The van der Waals surface area contributed by atoms with Crippen LogP contribution in [0.5, 0.6) is 0 Å². The Bertz CT molecular complexity index is 2010. The van der Waals surface area contributed by atoms with Crippen molar-refractivity contribution in [3.05, 3.63) is 0 Å². The number of rotatable bonds is 85. The highest BCUT2D eigenvalue weighted by molar-refractivity contribution is 7.47. The number of aliphatic hydroxyl groups is 1. The Labute approximate surface area is 645 Å². The van der Waals surface area contributed by atoms with Gasteiger partial charge in [0.05, 0.1) is 26.4 Å². The molecular formula is C86H168O17P2. The monoisotopic (exact) mass is 1540 g/mol. The van der Waals surface area contributed by atoms with E-state index in [1.807, 2.05) is 0 Å². The fraction of sp³-hybridized carbons (Fsp3) is 0.953. The molecule has 0 aromatic carbocycles. The summed E-state index contributed by atoms with van der Waals surface area (Å²) in [6.45, 7) is 9.66. The first-order valence-electron chi connectivity index (χ1n) is 44.5. The van der Waals surface area contributed by atoms with Crippen LogP contribution in [0.4, 0.5) is 0 Å². The smallest absolute Gasteiger partial charge is 0.462 e. The zero-order chi connectivity index (χ0) is 77.1. The van der Waals surface area contributed by atoms with Gasteiger partial charge in [0.2, 0.25) is 0 Å². The molecule has 0 aliphatic carbocycles. The van der Waals surface area contributed by atoms with E-state index in [0.29, 0.717) is 25.7 Å². The van der Waals surface area contributed by atoms with Gasteiger partial charge in [-0.25, -0.2) is 9.13 Å². The topological polar surface area (TPSA) is 237 Å². The summed E-state index contributed by atoms with van der Waals surface area (Å²) in [7, 11) is -9.93. The lowest BCUT2D eigenvalue weighted by Crippen LogP contribution is -2.30. The highest BCUT2D eigenvalue weighted by Crippen LogP contribution is 2.45. The maximum Gasteiger partial charge on any atom is 0.472 e. The Morgan fingerprint density at radius 3 is 0.648 bits per heavy atom. The van der Waals surface area contributed by atoms with Crippen LogP contribution in [0.3, 0.4) is 0 Å². The van der Waals surface area contributed by atoms with Crippen molar-refractivity contribution in [3.63, 3.8) is 0 Å². The van der Waals surface area contributed by atoms with Gasteiger partial charge < -0.3 is 33.8 Å². The fourth-order valence-corrected chi connectivity index (χ4v) is 15.0. The SMILES string of the molecule is CCCCCCCCCCCCCCCCCCCCCCCCC(=O)O[C@H](COC(=O)CCCCCCCCCCCCCCCCCC(C)C)COP(=O)(O)OC[C@@H](O)COP(=O)(O)OC[C@@H](COC(=O)CCCCCCCCCCC(C)C)OC(=O)CCCCCCCCCCCCCCCC. The van der Waals surface area contributed by atoms with Crippen molar-refractivity contribution < 1.29 is 80.2 Å². The minimum atomic E-state index is -4.97. The molecule has 0 amide bonds. The lowest BCUT2D eigenvalue weighted by Gasteiger charge is -2.21. The molecule has 0 radical (unpaired) electrons. The molecule has 624 valence electrons. The second-order valence-corrected chi connectivity index (χ2v) is 34.8. The zero-order valence-corrected chi connectivity index (χ0v) is 70.8. The summed E-state index contributed by atoms with van der Waals surface area (Å²) in [5.74, 6) is -0.570. The molecular weight excluding hydrogens is 1370 g/mol. The van der Waals surface area contributed by atoms with Crippen molar-refractivity contribution in [2.75, 3.05) is 39.6 Å². The molecule has 105 heavy (non-hydrogen) atoms. The quantitative estimate of drug-likeness (QED) is 0.0222. The summed E-state index contributed by atoms with van der Waals surface area (Å²) in [6, 6.07) is 0. The van der Waals surface area contributed by atoms with E-state index in [2.05, 4.69) is 41.5 Å². The third kappa shape index (κ3) is 79.9. The molecule has 19 heteroatoms. The van der Waals surface area contributed by atoms with Crippen molar-refractivity contribution >= 4 is 39.5 Å². The van der Waals surface area contributed by atoms with Crippen LogP contribution in [0.25, 0.3) is 0 Å². The van der Waals surface area contributed by atoms with Gasteiger partial charge in [0, 0.05) is 25.7 Å². The van der Waals surface area contributed by atoms with E-state index in [4.69, 9.17) is 37.0 Å². The fourth-order valence-electron chi connectivity index (χ4n) is 13.4. The number of phosphoric acid groups is 2. The van der Waals surface area contributed by atoms with Crippen LogP contribution in [0, 0.1) is 11.8 Å². The Morgan fingerprint density at radius 2 is 0.438 bits per heavy atom. The molecule has 0 saturated heterocycles. The average Bonchev–Trinajstić information content (AvgIpc) is 0.925. The van der Waals surface area contributed by atoms with Gasteiger partial charge in [-0.2, -0.15) is 0 Å². The van der Waals surface area contributed by atoms with E-state index in [1.54, 1.807) is 0 Å². The van der Waals surface area contributed by atoms with Crippen molar-refractivity contribution in [3.8, 4) is 0 Å². The third-order valence-electron chi connectivity index (χ3n) is 20.2. The largest absolute Gasteiger partial charge is 0.472 e. The van der Waals surface area contributed by atoms with Crippen LogP contribution in [-0.4, -0.2) is 96.7 Å². The van der Waals surface area contributed by atoms with E-state index < -0.39 is 97.5 Å². The zero-order valence-electron chi connectivity index (χ0n) is 69.0. The summed E-state index contributed by atoms with van der Waals surface area (Å²) >= 11 is 0. The van der Waals surface area contributed by atoms with Gasteiger partial charge in [-0.3, -0.25) is 37.3 Å². The molecule has 0 fully saturated rings. The summed E-state index contributed by atoms with van der Waals surface area (Å²) in [5.41, 5.74) is 0. The number of unbranched alkanes of at least 4 members (excludes halogenated alkanes) is 55. The number of ether oxygens (including phenoxy) is 4. The molecule has 0 bridgehead atoms. The Hall–Kier alpha value is -1.94.